The maximum atomic E-state index is 5.63. The molecular formula is C15H21N3O2. The number of anilines is 1. The van der Waals surface area contributed by atoms with E-state index in [1.165, 1.54) is 0 Å². The van der Waals surface area contributed by atoms with Crippen LogP contribution < -0.4 is 15.4 Å². The first-order valence-corrected chi connectivity index (χ1v) is 6.43. The lowest BCUT2D eigenvalue weighted by Gasteiger charge is -2.11. The number of guanidine groups is 1. The van der Waals surface area contributed by atoms with Crippen LogP contribution in [0.1, 0.15) is 6.42 Å². The van der Waals surface area contributed by atoms with E-state index in [0.717, 1.165) is 17.9 Å². The predicted molar refractivity (Wildman–Crippen MR) is 82.2 cm³/mol. The minimum atomic E-state index is 0.423. The number of terminal acetylenes is 1. The molecule has 1 aromatic rings. The summed E-state index contributed by atoms with van der Waals surface area (Å²) in [6.45, 7) is 1.74. The number of methoxy groups -OCH3 is 1. The van der Waals surface area contributed by atoms with Crippen molar-refractivity contribution in [1.29, 1.82) is 0 Å². The lowest BCUT2D eigenvalue weighted by molar-refractivity contribution is 0.172. The van der Waals surface area contributed by atoms with Crippen LogP contribution in [0.3, 0.4) is 0 Å². The van der Waals surface area contributed by atoms with Crippen LogP contribution in [0, 0.1) is 12.3 Å². The number of benzene rings is 1. The van der Waals surface area contributed by atoms with Crippen molar-refractivity contribution in [2.75, 3.05) is 39.2 Å². The molecule has 0 amide bonds. The van der Waals surface area contributed by atoms with Crippen LogP contribution in [0.2, 0.25) is 0 Å². The van der Waals surface area contributed by atoms with Crippen LogP contribution in [0.5, 0.6) is 5.75 Å². The van der Waals surface area contributed by atoms with Crippen molar-refractivity contribution in [1.82, 2.24) is 5.32 Å². The van der Waals surface area contributed by atoms with Crippen molar-refractivity contribution >= 4 is 11.6 Å². The zero-order valence-corrected chi connectivity index (χ0v) is 12.0. The maximum Gasteiger partial charge on any atom is 0.196 e. The van der Waals surface area contributed by atoms with Crippen LogP contribution in [-0.2, 0) is 4.74 Å². The van der Waals surface area contributed by atoms with E-state index in [4.69, 9.17) is 15.9 Å². The molecule has 0 fully saturated rings. The fourth-order valence-electron chi connectivity index (χ4n) is 1.51. The van der Waals surface area contributed by atoms with Crippen molar-refractivity contribution in [3.8, 4) is 18.1 Å². The highest BCUT2D eigenvalue weighted by molar-refractivity contribution is 5.93. The third kappa shape index (κ3) is 6.12. The number of nitrogens with one attached hydrogen (secondary N) is 2. The van der Waals surface area contributed by atoms with Gasteiger partial charge in [-0.05, 0) is 12.1 Å². The minimum Gasteiger partial charge on any atom is -0.493 e. The van der Waals surface area contributed by atoms with Gasteiger partial charge in [-0.1, -0.05) is 12.0 Å². The van der Waals surface area contributed by atoms with Crippen molar-refractivity contribution in [3.63, 3.8) is 0 Å². The summed E-state index contributed by atoms with van der Waals surface area (Å²) in [6, 6.07) is 7.68. The van der Waals surface area contributed by atoms with E-state index >= 15 is 0 Å². The third-order valence-electron chi connectivity index (χ3n) is 2.44. The number of hydrogen-bond acceptors (Lipinski definition) is 3. The molecule has 0 aromatic heterocycles. The number of aliphatic imine (C=N–C) groups is 1. The summed E-state index contributed by atoms with van der Waals surface area (Å²) in [4.78, 5) is 4.08. The number of rotatable bonds is 7. The van der Waals surface area contributed by atoms with Gasteiger partial charge in [0.2, 0.25) is 0 Å². The monoisotopic (exact) mass is 275 g/mol. The maximum absolute atomic E-state index is 5.63. The van der Waals surface area contributed by atoms with E-state index in [2.05, 4.69) is 21.5 Å². The van der Waals surface area contributed by atoms with Gasteiger partial charge in [0.25, 0.3) is 0 Å². The molecule has 0 bridgehead atoms. The second kappa shape index (κ2) is 9.70. The van der Waals surface area contributed by atoms with E-state index in [1.54, 1.807) is 14.2 Å². The van der Waals surface area contributed by atoms with Gasteiger partial charge in [0.15, 0.2) is 5.96 Å². The molecule has 5 heteroatoms. The Kier molecular flexibility index (Phi) is 7.70. The molecule has 0 aliphatic carbocycles. The Balaban J connectivity index is 2.52. The molecule has 2 N–H and O–H groups in total. The highest BCUT2D eigenvalue weighted by Gasteiger charge is 2.00. The third-order valence-corrected chi connectivity index (χ3v) is 2.44. The van der Waals surface area contributed by atoms with Gasteiger partial charge in [-0.15, -0.1) is 6.42 Å². The van der Waals surface area contributed by atoms with Crippen LogP contribution >= 0.6 is 0 Å². The fourth-order valence-corrected chi connectivity index (χ4v) is 1.51. The Hall–Kier alpha value is -2.19. The fraction of sp³-hybridized carbons (Fsp3) is 0.400. The SMILES string of the molecule is C#CCNC(=NC)Nc1cccc(OCCCOC)c1. The van der Waals surface area contributed by atoms with E-state index in [-0.39, 0.29) is 0 Å². The van der Waals surface area contributed by atoms with Crippen molar-refractivity contribution in [2.45, 2.75) is 6.42 Å². The van der Waals surface area contributed by atoms with Crippen LogP contribution in [0.25, 0.3) is 0 Å². The molecule has 5 nitrogen and oxygen atoms in total. The minimum absolute atomic E-state index is 0.423. The molecule has 1 rings (SSSR count). The lowest BCUT2D eigenvalue weighted by atomic mass is 10.3. The van der Waals surface area contributed by atoms with E-state index < -0.39 is 0 Å². The average Bonchev–Trinajstić information content (AvgIpc) is 2.48. The van der Waals surface area contributed by atoms with Gasteiger partial charge in [-0.2, -0.15) is 0 Å². The summed E-state index contributed by atoms with van der Waals surface area (Å²) in [5.41, 5.74) is 0.888. The van der Waals surface area contributed by atoms with Gasteiger partial charge in [-0.3, -0.25) is 4.99 Å². The molecule has 0 atom stereocenters. The Labute approximate surface area is 120 Å². The zero-order valence-electron chi connectivity index (χ0n) is 12.0. The van der Waals surface area contributed by atoms with E-state index in [1.807, 2.05) is 24.3 Å². The largest absolute Gasteiger partial charge is 0.493 e. The second-order valence-electron chi connectivity index (χ2n) is 3.98. The number of nitrogens with zero attached hydrogens (tertiary/aromatic N) is 1. The Morgan fingerprint density at radius 1 is 1.40 bits per heavy atom. The van der Waals surface area contributed by atoms with Gasteiger partial charge in [0.05, 0.1) is 13.2 Å². The van der Waals surface area contributed by atoms with Crippen molar-refractivity contribution in [2.24, 2.45) is 4.99 Å². The topological polar surface area (TPSA) is 54.9 Å². The quantitative estimate of drug-likeness (QED) is 0.344. The normalized spacial score (nSPS) is 10.8. The highest BCUT2D eigenvalue weighted by Crippen LogP contribution is 2.17. The van der Waals surface area contributed by atoms with Gasteiger partial charge in [0.1, 0.15) is 5.75 Å². The van der Waals surface area contributed by atoms with E-state index in [9.17, 15) is 0 Å². The van der Waals surface area contributed by atoms with Crippen molar-refractivity contribution in [3.05, 3.63) is 24.3 Å². The van der Waals surface area contributed by atoms with Gasteiger partial charge in [-0.25, -0.2) is 0 Å². The van der Waals surface area contributed by atoms with Gasteiger partial charge in [0, 0.05) is 38.9 Å². The molecule has 0 saturated heterocycles. The first-order valence-electron chi connectivity index (χ1n) is 6.43. The lowest BCUT2D eigenvalue weighted by Crippen LogP contribution is -2.30. The molecule has 0 saturated carbocycles. The predicted octanol–water partition coefficient (Wildman–Crippen LogP) is 1.72. The van der Waals surface area contributed by atoms with Crippen molar-refractivity contribution < 1.29 is 9.47 Å². The Morgan fingerprint density at radius 2 is 2.25 bits per heavy atom. The molecule has 108 valence electrons. The number of ether oxygens (including phenoxy) is 2. The molecule has 0 unspecified atom stereocenters. The molecule has 0 radical (unpaired) electrons. The standard InChI is InChI=1S/C15H21N3O2/c1-4-9-17-15(16-2)18-13-7-5-8-14(12-13)20-11-6-10-19-3/h1,5,7-8,12H,6,9-11H2,2-3H3,(H2,16,17,18). The molecule has 0 aliphatic rings. The second-order valence-corrected chi connectivity index (χ2v) is 3.98. The first kappa shape index (κ1) is 15.9. The molecular weight excluding hydrogens is 254 g/mol. The summed E-state index contributed by atoms with van der Waals surface area (Å²) in [5, 5.41) is 6.14. The Morgan fingerprint density at radius 3 is 2.95 bits per heavy atom. The Bertz CT molecular complexity index is 466. The summed E-state index contributed by atoms with van der Waals surface area (Å²) < 4.78 is 10.6. The van der Waals surface area contributed by atoms with Crippen LogP contribution in [0.4, 0.5) is 5.69 Å². The molecule has 20 heavy (non-hydrogen) atoms. The van der Waals surface area contributed by atoms with Crippen LogP contribution in [-0.4, -0.2) is 39.9 Å². The van der Waals surface area contributed by atoms with Gasteiger partial charge < -0.3 is 20.1 Å². The molecule has 0 aliphatic heterocycles. The zero-order chi connectivity index (χ0) is 14.6. The average molecular weight is 275 g/mol. The smallest absolute Gasteiger partial charge is 0.196 e. The number of hydrogen-bond donors (Lipinski definition) is 2. The van der Waals surface area contributed by atoms with Gasteiger partial charge >= 0.3 is 0 Å². The first-order chi connectivity index (χ1) is 9.80. The summed E-state index contributed by atoms with van der Waals surface area (Å²) in [7, 11) is 3.37. The molecule has 0 spiro atoms. The molecule has 0 heterocycles. The molecule has 1 aromatic carbocycles. The summed E-state index contributed by atoms with van der Waals surface area (Å²) in [6.07, 6.45) is 6.06. The van der Waals surface area contributed by atoms with Crippen LogP contribution in [0.15, 0.2) is 29.3 Å². The highest BCUT2D eigenvalue weighted by atomic mass is 16.5. The summed E-state index contributed by atoms with van der Waals surface area (Å²) in [5.74, 6) is 3.93. The summed E-state index contributed by atoms with van der Waals surface area (Å²) >= 11 is 0. The van der Waals surface area contributed by atoms with E-state index in [0.29, 0.717) is 25.7 Å².